The Kier molecular flexibility index (Phi) is 23.6. The molecule has 12 aromatic rings. The van der Waals surface area contributed by atoms with Crippen molar-refractivity contribution in [3.05, 3.63) is 247 Å². The average molecular weight is 1470 g/mol. The molecule has 3 saturated heterocycles. The fourth-order valence-corrected chi connectivity index (χ4v) is 18.8. The third kappa shape index (κ3) is 17.1. The molecule has 546 valence electrons. The van der Waals surface area contributed by atoms with Crippen molar-refractivity contribution in [2.24, 2.45) is 17.8 Å². The van der Waals surface area contributed by atoms with E-state index in [4.69, 9.17) is 14.2 Å². The molecule has 0 saturated carbocycles. The van der Waals surface area contributed by atoms with E-state index >= 15 is 0 Å². The average Bonchev–Trinajstić information content (AvgIpc) is 1.54. The summed E-state index contributed by atoms with van der Waals surface area (Å²) in [6, 6.07) is 56.3. The van der Waals surface area contributed by atoms with Crippen LogP contribution in [0.3, 0.4) is 0 Å². The van der Waals surface area contributed by atoms with Crippen LogP contribution in [-0.2, 0) is 6.42 Å². The van der Waals surface area contributed by atoms with Crippen molar-refractivity contribution in [1.29, 1.82) is 0 Å². The molecule has 3 aromatic heterocycles. The molecular weight excluding hydrogens is 1380 g/mol. The number of phenols is 3. The summed E-state index contributed by atoms with van der Waals surface area (Å²) in [4.78, 5) is 50.7. The number of fused-ring (bicyclic) bond motifs is 3. The lowest BCUT2D eigenvalue weighted by Gasteiger charge is -2.15. The molecule has 0 aliphatic carbocycles. The number of thiophene rings is 3. The molecule has 3 N–H and O–H groups in total. The van der Waals surface area contributed by atoms with Crippen LogP contribution in [0.2, 0.25) is 0 Å². The van der Waals surface area contributed by atoms with Crippen molar-refractivity contribution in [2.75, 3.05) is 78.7 Å². The maximum Gasteiger partial charge on any atom is 0.204 e. The zero-order chi connectivity index (χ0) is 74.3. The van der Waals surface area contributed by atoms with Crippen molar-refractivity contribution >= 4 is 81.6 Å². The van der Waals surface area contributed by atoms with E-state index in [1.807, 2.05) is 147 Å². The molecule has 16 heteroatoms. The van der Waals surface area contributed by atoms with Gasteiger partial charge in [-0.15, -0.1) is 34.0 Å². The van der Waals surface area contributed by atoms with Crippen molar-refractivity contribution in [3.8, 4) is 67.9 Å². The third-order valence-corrected chi connectivity index (χ3v) is 24.2. The molecule has 3 fully saturated rings. The summed E-state index contributed by atoms with van der Waals surface area (Å²) in [5, 5.41) is 33.0. The Balaban J connectivity index is 0.000000141. The van der Waals surface area contributed by atoms with Gasteiger partial charge in [0.15, 0.2) is 0 Å². The zero-order valence-corrected chi connectivity index (χ0v) is 64.1. The molecule has 3 aliphatic rings. The van der Waals surface area contributed by atoms with Gasteiger partial charge >= 0.3 is 0 Å². The molecule has 106 heavy (non-hydrogen) atoms. The van der Waals surface area contributed by atoms with E-state index in [9.17, 15) is 34.1 Å². The number of likely N-dealkylation sites (tertiary alicyclic amines) is 3. The van der Waals surface area contributed by atoms with Crippen LogP contribution in [-0.4, -0.2) is 126 Å². The molecule has 0 radical (unpaired) electrons. The van der Waals surface area contributed by atoms with Gasteiger partial charge in [0.2, 0.25) is 17.3 Å². The van der Waals surface area contributed by atoms with E-state index in [-0.39, 0.29) is 40.4 Å². The molecule has 9 aromatic carbocycles. The van der Waals surface area contributed by atoms with Gasteiger partial charge in [0, 0.05) is 103 Å². The maximum absolute atomic E-state index is 13.9. The Bertz CT molecular complexity index is 5110. The summed E-state index contributed by atoms with van der Waals surface area (Å²) in [5.74, 6) is 4.89. The van der Waals surface area contributed by atoms with Gasteiger partial charge in [-0.1, -0.05) is 107 Å². The normalized spacial score (nSPS) is 16.1. The van der Waals surface area contributed by atoms with Crippen LogP contribution in [0.15, 0.2) is 182 Å². The first-order valence-corrected chi connectivity index (χ1v) is 39.4. The summed E-state index contributed by atoms with van der Waals surface area (Å²) in [5.41, 5.74) is 11.7. The van der Waals surface area contributed by atoms with Crippen molar-refractivity contribution < 1.29 is 48.3 Å². The SMILES string of the molecule is CCc1ccccc1C(=O)c1sc2cc(O)ccc2c1-c1ccc(OCCN2CC[C@@H](C)C2)cc1.Cc1cc(F)cc(C)c1C(=O)c1sc2cc(O)ccc2c1-c1ccc(OCCN2CC[C@@H](C)C2)cc1.Cc1cccc(C)c1C(=O)c1sc2cc(O)ccc2c1-c1ccc(OCCN2CC[C@@H](C)C2)cc1. The lowest BCUT2D eigenvalue weighted by Crippen LogP contribution is -2.25. The van der Waals surface area contributed by atoms with Crippen LogP contribution in [0.25, 0.3) is 63.6 Å². The van der Waals surface area contributed by atoms with Crippen molar-refractivity contribution in [1.82, 2.24) is 14.7 Å². The van der Waals surface area contributed by atoms with E-state index in [1.54, 1.807) is 50.2 Å². The molecule has 3 aliphatic heterocycles. The van der Waals surface area contributed by atoms with Gasteiger partial charge in [-0.05, 0) is 238 Å². The summed E-state index contributed by atoms with van der Waals surface area (Å²) in [6.07, 6.45) is 4.58. The number of carbonyl (C=O) groups is 3. The van der Waals surface area contributed by atoms with E-state index in [1.165, 1.54) is 65.4 Å². The number of phenolic OH excluding ortho intramolecular Hbond substituents is 3. The Morgan fingerprint density at radius 3 is 1.10 bits per heavy atom. The number of hydrogen-bond acceptors (Lipinski definition) is 15. The molecular formula is C90H92FN3O9S3. The first kappa shape index (κ1) is 74.7. The fraction of sp³-hybridized carbons (Fsp3) is 0.300. The van der Waals surface area contributed by atoms with Gasteiger partial charge in [0.25, 0.3) is 0 Å². The van der Waals surface area contributed by atoms with Crippen LogP contribution in [0, 0.1) is 51.3 Å². The van der Waals surface area contributed by atoms with E-state index < -0.39 is 0 Å². The summed E-state index contributed by atoms with van der Waals surface area (Å²) in [7, 11) is 0. The standard InChI is InChI=1S/C30H30FNO3S.2C30H31NO3S/c1-18-10-11-32(17-18)12-13-35-24-7-4-21(5-8-24)28-25-9-6-23(33)16-26(25)36-30(28)29(34)27-19(2)14-22(31)15-20(27)3;1-19-13-14-31(18-19)15-16-34-24-10-7-22(8-11-24)28-25-12-9-23(32)17-26(25)35-30(28)29(33)27-20(2)5-4-6-21(27)3;1-3-21-6-4-5-7-25(21)29(33)30-28(26-13-10-23(32)18-27(26)35-30)22-8-11-24(12-9-22)34-17-16-31-15-14-20(2)19-31/h4-9,14-16,18,33H,10-13,17H2,1-3H3;4-12,17,19,32H,13-16,18H2,1-3H3;4-13,18,20,32H,3,14-17,19H2,1-2H3/t18-;19-;20-/m111/s1. The molecule has 0 spiro atoms. The number of benzene rings is 9. The van der Waals surface area contributed by atoms with Gasteiger partial charge in [0.05, 0.1) is 14.6 Å². The second-order valence-corrected chi connectivity index (χ2v) is 32.0. The molecule has 0 amide bonds. The number of ketones is 3. The monoisotopic (exact) mass is 1470 g/mol. The Morgan fingerprint density at radius 1 is 0.425 bits per heavy atom. The number of ether oxygens (including phenoxy) is 3. The summed E-state index contributed by atoms with van der Waals surface area (Å²) < 4.78 is 34.6. The Morgan fingerprint density at radius 2 is 0.764 bits per heavy atom. The van der Waals surface area contributed by atoms with Gasteiger partial charge in [-0.25, -0.2) is 4.39 Å². The number of hydrogen-bond donors (Lipinski definition) is 3. The lowest BCUT2D eigenvalue weighted by molar-refractivity contribution is 0.103. The molecule has 0 bridgehead atoms. The van der Waals surface area contributed by atoms with E-state index in [0.29, 0.717) is 51.1 Å². The number of rotatable bonds is 22. The largest absolute Gasteiger partial charge is 0.508 e. The quantitative estimate of drug-likeness (QED) is 0.0555. The second kappa shape index (κ2) is 33.5. The predicted molar refractivity (Wildman–Crippen MR) is 432 cm³/mol. The van der Waals surface area contributed by atoms with Gasteiger partial charge in [-0.3, -0.25) is 29.1 Å². The summed E-state index contributed by atoms with van der Waals surface area (Å²) in [6.45, 7) is 28.1. The number of aromatic hydroxyl groups is 3. The Labute approximate surface area is 632 Å². The molecule has 3 atom stereocenters. The highest BCUT2D eigenvalue weighted by molar-refractivity contribution is 7.22. The van der Waals surface area contributed by atoms with Gasteiger partial charge in [0.1, 0.15) is 60.1 Å². The number of nitrogens with zero attached hydrogens (tertiary/aromatic N) is 3. The van der Waals surface area contributed by atoms with Crippen molar-refractivity contribution in [3.63, 3.8) is 0 Å². The third-order valence-electron chi connectivity index (χ3n) is 20.7. The molecule has 15 rings (SSSR count). The van der Waals surface area contributed by atoms with Crippen LogP contribution in [0.5, 0.6) is 34.5 Å². The predicted octanol–water partition coefficient (Wildman–Crippen LogP) is 20.6. The van der Waals surface area contributed by atoms with Crippen LogP contribution in [0.4, 0.5) is 4.39 Å². The molecule has 0 unspecified atom stereocenters. The fourth-order valence-electron chi connectivity index (χ4n) is 15.2. The maximum atomic E-state index is 13.9. The first-order valence-electron chi connectivity index (χ1n) is 36.9. The first-order chi connectivity index (χ1) is 51.2. The zero-order valence-electron chi connectivity index (χ0n) is 61.6. The Hall–Kier alpha value is -9.52. The summed E-state index contributed by atoms with van der Waals surface area (Å²) >= 11 is 4.23. The number of carbonyl (C=O) groups excluding carboxylic acids is 3. The van der Waals surface area contributed by atoms with Crippen molar-refractivity contribution in [2.45, 2.75) is 81.1 Å². The topological polar surface area (TPSA) is 149 Å². The second-order valence-electron chi connectivity index (χ2n) is 28.8. The lowest BCUT2D eigenvalue weighted by atomic mass is 9.94. The van der Waals surface area contributed by atoms with E-state index in [2.05, 4.69) is 42.4 Å². The molecule has 12 nitrogen and oxygen atoms in total. The van der Waals surface area contributed by atoms with E-state index in [0.717, 1.165) is 192 Å². The number of aryl methyl sites for hydroxylation is 5. The highest BCUT2D eigenvalue weighted by Crippen LogP contribution is 2.46. The highest BCUT2D eigenvalue weighted by Gasteiger charge is 2.29. The minimum atomic E-state index is -0.349. The van der Waals surface area contributed by atoms with Gasteiger partial charge < -0.3 is 29.5 Å². The van der Waals surface area contributed by atoms with Crippen LogP contribution >= 0.6 is 34.0 Å². The minimum Gasteiger partial charge on any atom is -0.508 e. The minimum absolute atomic E-state index is 0.0245. The highest BCUT2D eigenvalue weighted by atomic mass is 32.1. The van der Waals surface area contributed by atoms with Gasteiger partial charge in [-0.2, -0.15) is 0 Å². The van der Waals surface area contributed by atoms with Crippen LogP contribution < -0.4 is 14.2 Å². The number of halogens is 1. The van der Waals surface area contributed by atoms with Crippen LogP contribution in [0.1, 0.15) is 120 Å². The smallest absolute Gasteiger partial charge is 0.204 e. The molecule has 6 heterocycles.